The number of ether oxygens (including phenoxy) is 1. The van der Waals surface area contributed by atoms with Gasteiger partial charge in [-0.25, -0.2) is 4.68 Å². The summed E-state index contributed by atoms with van der Waals surface area (Å²) in [5.74, 6) is 0. The van der Waals surface area contributed by atoms with Crippen molar-refractivity contribution in [2.75, 3.05) is 0 Å². The highest BCUT2D eigenvalue weighted by molar-refractivity contribution is 5.73. The van der Waals surface area contributed by atoms with Gasteiger partial charge in [0.25, 0.3) is 0 Å². The molecular weight excluding hydrogens is 310 g/mol. The molecule has 1 fully saturated rings. The lowest BCUT2D eigenvalue weighted by molar-refractivity contribution is -0.0773. The highest BCUT2D eigenvalue weighted by atomic mass is 16.5. The number of fused-ring (bicyclic) bond motifs is 1. The third-order valence-corrected chi connectivity index (χ3v) is 4.86. The predicted molar refractivity (Wildman–Crippen MR) is 105 cm³/mol. The van der Waals surface area contributed by atoms with Crippen molar-refractivity contribution in [2.45, 2.75) is 97.3 Å². The van der Waals surface area contributed by atoms with Crippen molar-refractivity contribution in [3.05, 3.63) is 24.3 Å². The molecular formula is C21H35N3O. The molecule has 1 unspecified atom stereocenters. The zero-order valence-electron chi connectivity index (χ0n) is 16.3. The van der Waals surface area contributed by atoms with Crippen LogP contribution in [0.4, 0.5) is 0 Å². The molecule has 3 rings (SSSR count). The Bertz CT molecular complexity index is 590. The molecule has 1 heterocycles. The van der Waals surface area contributed by atoms with Crippen LogP contribution in [0.3, 0.4) is 0 Å². The van der Waals surface area contributed by atoms with Gasteiger partial charge in [-0.15, -0.1) is 5.10 Å². The first-order valence-corrected chi connectivity index (χ1v) is 10.3. The van der Waals surface area contributed by atoms with Crippen molar-refractivity contribution < 1.29 is 4.74 Å². The van der Waals surface area contributed by atoms with Crippen molar-refractivity contribution in [1.29, 1.82) is 0 Å². The molecule has 1 aromatic heterocycles. The summed E-state index contributed by atoms with van der Waals surface area (Å²) in [6, 6.07) is 8.18. The van der Waals surface area contributed by atoms with Crippen LogP contribution in [0.25, 0.3) is 11.0 Å². The van der Waals surface area contributed by atoms with Gasteiger partial charge in [0.2, 0.25) is 0 Å². The zero-order valence-corrected chi connectivity index (χ0v) is 16.3. The number of hydrogen-bond acceptors (Lipinski definition) is 3. The van der Waals surface area contributed by atoms with E-state index < -0.39 is 0 Å². The third-order valence-electron chi connectivity index (χ3n) is 4.86. The molecule has 0 bridgehead atoms. The lowest BCUT2D eigenvalue weighted by Crippen LogP contribution is -2.24. The smallest absolute Gasteiger partial charge is 0.153 e. The Morgan fingerprint density at radius 3 is 2.60 bits per heavy atom. The molecule has 0 N–H and O–H groups in total. The third kappa shape index (κ3) is 5.81. The Hall–Kier alpha value is -1.42. The summed E-state index contributed by atoms with van der Waals surface area (Å²) in [7, 11) is 0. The van der Waals surface area contributed by atoms with Gasteiger partial charge in [0.1, 0.15) is 5.52 Å². The average Bonchev–Trinajstić information content (AvgIpc) is 3.11. The van der Waals surface area contributed by atoms with E-state index in [1.54, 1.807) is 0 Å². The summed E-state index contributed by atoms with van der Waals surface area (Å²) in [5.41, 5.74) is 2.04. The van der Waals surface area contributed by atoms with Crippen LogP contribution in [-0.4, -0.2) is 21.1 Å². The standard InChI is InChI=1S/C19H29N3O.C2H6/c1-2-3-4-8-15-19(23-16-11-6-5-7-12-16)22-18-14-10-9-13-17(18)20-21-22;1-2/h9-10,13-14,16,19H,2-8,11-12,15H2,1H3;1-2H3. The molecule has 4 heteroatoms. The van der Waals surface area contributed by atoms with E-state index in [4.69, 9.17) is 4.74 Å². The molecule has 1 saturated carbocycles. The minimum absolute atomic E-state index is 0.0300. The van der Waals surface area contributed by atoms with Gasteiger partial charge in [0.15, 0.2) is 6.23 Å². The van der Waals surface area contributed by atoms with Gasteiger partial charge in [-0.2, -0.15) is 0 Å². The summed E-state index contributed by atoms with van der Waals surface area (Å²) >= 11 is 0. The molecule has 2 aromatic rings. The lowest BCUT2D eigenvalue weighted by Gasteiger charge is -2.28. The van der Waals surface area contributed by atoms with Gasteiger partial charge in [0.05, 0.1) is 11.6 Å². The van der Waals surface area contributed by atoms with Crippen LogP contribution < -0.4 is 0 Å². The monoisotopic (exact) mass is 345 g/mol. The highest BCUT2D eigenvalue weighted by Crippen LogP contribution is 2.28. The average molecular weight is 346 g/mol. The number of benzene rings is 1. The SMILES string of the molecule is CC.CCCCCCC(OC1CCCCC1)n1nnc2ccccc21. The van der Waals surface area contributed by atoms with Crippen molar-refractivity contribution in [2.24, 2.45) is 0 Å². The van der Waals surface area contributed by atoms with Crippen LogP contribution in [0, 0.1) is 0 Å². The van der Waals surface area contributed by atoms with Crippen molar-refractivity contribution in [1.82, 2.24) is 15.0 Å². The molecule has 1 atom stereocenters. The quantitative estimate of drug-likeness (QED) is 0.529. The molecule has 140 valence electrons. The first-order chi connectivity index (χ1) is 12.4. The lowest BCUT2D eigenvalue weighted by atomic mass is 9.97. The van der Waals surface area contributed by atoms with E-state index in [0.29, 0.717) is 6.10 Å². The Balaban J connectivity index is 0.00000109. The topological polar surface area (TPSA) is 39.9 Å². The van der Waals surface area contributed by atoms with Crippen molar-refractivity contribution >= 4 is 11.0 Å². The van der Waals surface area contributed by atoms with E-state index in [9.17, 15) is 0 Å². The van der Waals surface area contributed by atoms with Crippen LogP contribution in [0.1, 0.15) is 91.2 Å². The molecule has 1 aromatic carbocycles. The molecule has 0 radical (unpaired) electrons. The Morgan fingerprint density at radius 2 is 1.84 bits per heavy atom. The number of hydrogen-bond donors (Lipinski definition) is 0. The maximum absolute atomic E-state index is 6.48. The predicted octanol–water partition coefficient (Wildman–Crippen LogP) is 6.28. The Kier molecular flexibility index (Phi) is 8.95. The largest absolute Gasteiger partial charge is 0.353 e. The van der Waals surface area contributed by atoms with Gasteiger partial charge in [-0.1, -0.05) is 76.6 Å². The molecule has 0 spiro atoms. The Morgan fingerprint density at radius 1 is 1.08 bits per heavy atom. The first-order valence-electron chi connectivity index (χ1n) is 10.3. The minimum atomic E-state index is 0.0300. The Labute approximate surface area is 152 Å². The van der Waals surface area contributed by atoms with Crippen molar-refractivity contribution in [3.63, 3.8) is 0 Å². The number of para-hydroxylation sites is 1. The molecule has 25 heavy (non-hydrogen) atoms. The fourth-order valence-corrected chi connectivity index (χ4v) is 3.52. The van der Waals surface area contributed by atoms with Crippen LogP contribution in [0.15, 0.2) is 24.3 Å². The van der Waals surface area contributed by atoms with Gasteiger partial charge < -0.3 is 4.74 Å². The molecule has 0 aliphatic heterocycles. The first kappa shape index (κ1) is 19.9. The second-order valence-electron chi connectivity index (χ2n) is 6.72. The molecule has 1 aliphatic carbocycles. The summed E-state index contributed by atoms with van der Waals surface area (Å²) in [6.45, 7) is 6.25. The van der Waals surface area contributed by atoms with E-state index in [2.05, 4.69) is 29.4 Å². The summed E-state index contributed by atoms with van der Waals surface area (Å²) in [4.78, 5) is 0. The summed E-state index contributed by atoms with van der Waals surface area (Å²) < 4.78 is 8.49. The normalized spacial score (nSPS) is 16.4. The van der Waals surface area contributed by atoms with Crippen LogP contribution in [0.5, 0.6) is 0 Å². The molecule has 1 aliphatic rings. The zero-order chi connectivity index (χ0) is 17.9. The highest BCUT2D eigenvalue weighted by Gasteiger charge is 2.22. The van der Waals surface area contributed by atoms with E-state index in [-0.39, 0.29) is 6.23 Å². The molecule has 4 nitrogen and oxygen atoms in total. The summed E-state index contributed by atoms with van der Waals surface area (Å²) in [5, 5.41) is 8.71. The van der Waals surface area contributed by atoms with E-state index >= 15 is 0 Å². The second kappa shape index (κ2) is 11.2. The second-order valence-corrected chi connectivity index (χ2v) is 6.72. The van der Waals surface area contributed by atoms with E-state index in [1.165, 1.54) is 57.8 Å². The number of rotatable bonds is 8. The maximum Gasteiger partial charge on any atom is 0.153 e. The van der Waals surface area contributed by atoms with Gasteiger partial charge in [0, 0.05) is 0 Å². The van der Waals surface area contributed by atoms with Gasteiger partial charge in [-0.05, 0) is 37.8 Å². The van der Waals surface area contributed by atoms with Gasteiger partial charge in [-0.3, -0.25) is 0 Å². The molecule has 0 amide bonds. The van der Waals surface area contributed by atoms with E-state index in [1.807, 2.05) is 30.7 Å². The molecule has 0 saturated heterocycles. The number of nitrogens with zero attached hydrogens (tertiary/aromatic N) is 3. The van der Waals surface area contributed by atoms with Gasteiger partial charge >= 0.3 is 0 Å². The van der Waals surface area contributed by atoms with Crippen molar-refractivity contribution in [3.8, 4) is 0 Å². The summed E-state index contributed by atoms with van der Waals surface area (Å²) in [6.07, 6.45) is 12.8. The fraction of sp³-hybridized carbons (Fsp3) is 0.714. The minimum Gasteiger partial charge on any atom is -0.353 e. The number of unbranched alkanes of at least 4 members (excludes halogenated alkanes) is 3. The number of aromatic nitrogens is 3. The van der Waals surface area contributed by atoms with E-state index in [0.717, 1.165) is 17.5 Å². The van der Waals surface area contributed by atoms with Crippen LogP contribution >= 0.6 is 0 Å². The van der Waals surface area contributed by atoms with Crippen LogP contribution in [-0.2, 0) is 4.74 Å². The fourth-order valence-electron chi connectivity index (χ4n) is 3.52. The van der Waals surface area contributed by atoms with Crippen LogP contribution in [0.2, 0.25) is 0 Å². The maximum atomic E-state index is 6.48.